The Morgan fingerprint density at radius 1 is 1.17 bits per heavy atom. The van der Waals surface area contributed by atoms with Crippen LogP contribution in [0.1, 0.15) is 43.2 Å². The van der Waals surface area contributed by atoms with Crippen LogP contribution in [0.2, 0.25) is 5.02 Å². The molecule has 5 aliphatic rings. The number of aromatic nitrogens is 2. The number of likely N-dealkylation sites (tertiary alicyclic amines) is 1. The van der Waals surface area contributed by atoms with E-state index in [1.165, 1.54) is 6.07 Å². The second kappa shape index (κ2) is 11.2. The van der Waals surface area contributed by atoms with Crippen LogP contribution in [0.4, 0.5) is 10.2 Å². The summed E-state index contributed by atoms with van der Waals surface area (Å²) in [5.74, 6) is 2.38. The van der Waals surface area contributed by atoms with Crippen molar-refractivity contribution in [2.24, 2.45) is 5.41 Å². The molecule has 48 heavy (non-hydrogen) atoms. The predicted octanol–water partition coefficient (Wildman–Crippen LogP) is 5.37. The molecule has 1 aromatic heterocycles. The lowest BCUT2D eigenvalue weighted by Crippen LogP contribution is -2.51. The molecule has 5 fully saturated rings. The molecule has 4 aromatic rings. The zero-order chi connectivity index (χ0) is 32.7. The van der Waals surface area contributed by atoms with E-state index in [2.05, 4.69) is 32.1 Å². The third kappa shape index (κ3) is 4.93. The lowest BCUT2D eigenvalue weighted by Gasteiger charge is -2.34. The van der Waals surface area contributed by atoms with Gasteiger partial charge in [0, 0.05) is 66.1 Å². The molecule has 1 aliphatic carbocycles. The summed E-state index contributed by atoms with van der Waals surface area (Å²) in [7, 11) is 0. The van der Waals surface area contributed by atoms with Crippen LogP contribution in [0.3, 0.4) is 0 Å². The minimum Gasteiger partial charge on any atom is -0.508 e. The summed E-state index contributed by atoms with van der Waals surface area (Å²) in [4.78, 5) is 14.3. The number of halogens is 2. The Labute approximate surface area is 282 Å². The average molecular weight is 665 g/mol. The van der Waals surface area contributed by atoms with Crippen molar-refractivity contribution >= 4 is 39.1 Å². The van der Waals surface area contributed by atoms with E-state index < -0.39 is 5.82 Å². The van der Waals surface area contributed by atoms with Crippen molar-refractivity contribution < 1.29 is 19.0 Å². The molecule has 244 valence electrons. The maximum atomic E-state index is 17.2. The van der Waals surface area contributed by atoms with Crippen molar-refractivity contribution in [2.45, 2.75) is 56.3 Å². The smallest absolute Gasteiger partial charge is 0.319 e. The molecule has 4 atom stereocenters. The quantitative estimate of drug-likeness (QED) is 0.252. The Kier molecular flexibility index (Phi) is 6.97. The highest BCUT2D eigenvalue weighted by Crippen LogP contribution is 2.48. The number of fused-ring (bicyclic) bond motifs is 6. The van der Waals surface area contributed by atoms with E-state index in [4.69, 9.17) is 32.5 Å². The molecule has 1 saturated carbocycles. The number of phenolic OH excluding ortho intramolecular Hbond substituents is 1. The number of aromatic hydroxyl groups is 1. The van der Waals surface area contributed by atoms with Crippen molar-refractivity contribution in [1.29, 1.82) is 5.26 Å². The highest BCUT2D eigenvalue weighted by atomic mass is 35.5. The number of nitrogens with zero attached hydrogens (tertiary/aromatic N) is 5. The van der Waals surface area contributed by atoms with Gasteiger partial charge in [-0.25, -0.2) is 4.39 Å². The standard InChI is InChI=1S/C37H34ClFN6O3/c1-2-27-30(38)6-3-20-9-25(46)12-28(31(20)27)32-21(13-40)10-29-34(33(32)39)42-36(43-35(29)44-14-22-4-5-23(15-44)41-22)48-19-37(7-8-37)18-45-16-26-11-24(45)17-47-26/h1,3,6,9-10,12,22-24,26,41,46H,4-5,7-8,11,14-19H2/t22?,23?,24-,26-/m1/s1. The van der Waals surface area contributed by atoms with Gasteiger partial charge in [0.25, 0.3) is 0 Å². The Hall–Kier alpha value is -4.19. The third-order valence-corrected chi connectivity index (χ3v) is 11.3. The fourth-order valence-electron chi connectivity index (χ4n) is 8.43. The monoisotopic (exact) mass is 664 g/mol. The van der Waals surface area contributed by atoms with E-state index in [9.17, 15) is 10.4 Å². The first-order chi connectivity index (χ1) is 23.3. The van der Waals surface area contributed by atoms with Crippen molar-refractivity contribution in [2.75, 3.05) is 44.3 Å². The van der Waals surface area contributed by atoms with E-state index in [1.807, 2.05) is 0 Å². The van der Waals surface area contributed by atoms with Crippen molar-refractivity contribution in [3.8, 4) is 41.3 Å². The summed E-state index contributed by atoms with van der Waals surface area (Å²) in [6, 6.07) is 11.4. The van der Waals surface area contributed by atoms with Crippen molar-refractivity contribution in [3.05, 3.63) is 52.3 Å². The number of hydrogen-bond donors (Lipinski definition) is 2. The largest absolute Gasteiger partial charge is 0.508 e. The van der Waals surface area contributed by atoms with Crippen LogP contribution >= 0.6 is 11.6 Å². The number of nitrogens with one attached hydrogen (secondary N) is 1. The van der Waals surface area contributed by atoms with Gasteiger partial charge in [0.1, 0.15) is 17.1 Å². The number of hydrogen-bond acceptors (Lipinski definition) is 9. The summed E-state index contributed by atoms with van der Waals surface area (Å²) in [5, 5.41) is 26.6. The average Bonchev–Trinajstić information content (AvgIpc) is 3.34. The summed E-state index contributed by atoms with van der Waals surface area (Å²) < 4.78 is 29.4. The summed E-state index contributed by atoms with van der Waals surface area (Å²) in [6.07, 6.45) is 11.5. The SMILES string of the molecule is C#Cc1c(Cl)ccc2cc(O)cc(-c3c(C#N)cc4c(N5CC6CCC(C5)N6)nc(OCC5(CN6C[C@H]7C[C@@H]6CO7)CC5)nc4c3F)c12. The number of piperazine rings is 1. The van der Waals surface area contributed by atoms with Gasteiger partial charge in [0.2, 0.25) is 0 Å². The first-order valence-corrected chi connectivity index (χ1v) is 17.1. The second-order valence-electron chi connectivity index (χ2n) is 14.2. The molecule has 5 heterocycles. The number of ether oxygens (including phenoxy) is 2. The zero-order valence-corrected chi connectivity index (χ0v) is 27.1. The topological polar surface area (TPSA) is 107 Å². The Bertz CT molecular complexity index is 2080. The van der Waals surface area contributed by atoms with Crippen LogP contribution < -0.4 is 15.0 Å². The molecule has 11 heteroatoms. The molecule has 4 bridgehead atoms. The first kappa shape index (κ1) is 29.9. The molecule has 0 radical (unpaired) electrons. The minimum absolute atomic E-state index is 0.00869. The van der Waals surface area contributed by atoms with E-state index in [-0.39, 0.29) is 39.4 Å². The van der Waals surface area contributed by atoms with Crippen LogP contribution in [0, 0.1) is 34.9 Å². The highest BCUT2D eigenvalue weighted by Gasteiger charge is 2.49. The van der Waals surface area contributed by atoms with Gasteiger partial charge in [-0.3, -0.25) is 4.90 Å². The van der Waals surface area contributed by atoms with E-state index >= 15 is 4.39 Å². The maximum absolute atomic E-state index is 17.2. The molecule has 2 N–H and O–H groups in total. The van der Waals surface area contributed by atoms with E-state index in [0.717, 1.165) is 51.8 Å². The van der Waals surface area contributed by atoms with E-state index in [1.54, 1.807) is 24.3 Å². The molecular formula is C37H34ClFN6O3. The lowest BCUT2D eigenvalue weighted by atomic mass is 9.90. The molecule has 4 saturated heterocycles. The minimum atomic E-state index is -0.709. The van der Waals surface area contributed by atoms with Crippen LogP contribution in [-0.2, 0) is 4.74 Å². The number of phenols is 1. The second-order valence-corrected chi connectivity index (χ2v) is 14.6. The summed E-state index contributed by atoms with van der Waals surface area (Å²) in [6.45, 7) is 4.54. The molecule has 4 aliphatic heterocycles. The number of morpholine rings is 1. The first-order valence-electron chi connectivity index (χ1n) is 16.7. The van der Waals surface area contributed by atoms with Crippen LogP contribution in [0.15, 0.2) is 30.3 Å². The van der Waals surface area contributed by atoms with Crippen molar-refractivity contribution in [3.63, 3.8) is 0 Å². The number of benzene rings is 3. The maximum Gasteiger partial charge on any atom is 0.319 e. The van der Waals surface area contributed by atoms with Gasteiger partial charge < -0.3 is 24.8 Å². The fraction of sp³-hybridized carbons (Fsp3) is 0.432. The van der Waals surface area contributed by atoms with E-state index in [0.29, 0.717) is 76.5 Å². The van der Waals surface area contributed by atoms with Gasteiger partial charge in [0.05, 0.1) is 41.5 Å². The highest BCUT2D eigenvalue weighted by molar-refractivity contribution is 6.33. The van der Waals surface area contributed by atoms with Crippen LogP contribution in [-0.4, -0.2) is 83.6 Å². The zero-order valence-electron chi connectivity index (χ0n) is 26.3. The summed E-state index contributed by atoms with van der Waals surface area (Å²) >= 11 is 6.49. The lowest BCUT2D eigenvalue weighted by molar-refractivity contribution is 0.0176. The van der Waals surface area contributed by atoms with Gasteiger partial charge in [-0.1, -0.05) is 23.6 Å². The van der Waals surface area contributed by atoms with Gasteiger partial charge >= 0.3 is 6.01 Å². The molecule has 0 amide bonds. The molecule has 9 rings (SSSR count). The van der Waals surface area contributed by atoms with Gasteiger partial charge in [-0.05, 0) is 67.3 Å². The summed E-state index contributed by atoms with van der Waals surface area (Å²) in [5.41, 5.74) is 0.743. The molecule has 3 aromatic carbocycles. The normalized spacial score (nSPS) is 25.5. The Morgan fingerprint density at radius 3 is 2.67 bits per heavy atom. The Balaban J connectivity index is 1.17. The van der Waals surface area contributed by atoms with Gasteiger partial charge in [-0.15, -0.1) is 6.42 Å². The number of nitriles is 1. The predicted molar refractivity (Wildman–Crippen MR) is 181 cm³/mol. The molecule has 0 spiro atoms. The molecule has 2 unspecified atom stereocenters. The van der Waals surface area contributed by atoms with Crippen LogP contribution in [0.5, 0.6) is 11.8 Å². The van der Waals surface area contributed by atoms with Gasteiger partial charge in [-0.2, -0.15) is 15.2 Å². The van der Waals surface area contributed by atoms with Gasteiger partial charge in [0.15, 0.2) is 5.82 Å². The van der Waals surface area contributed by atoms with Crippen molar-refractivity contribution in [1.82, 2.24) is 20.2 Å². The Morgan fingerprint density at radius 2 is 1.98 bits per heavy atom. The third-order valence-electron chi connectivity index (χ3n) is 11.0. The van der Waals surface area contributed by atoms with Crippen LogP contribution in [0.25, 0.3) is 32.8 Å². The number of terminal acetylenes is 1. The number of anilines is 1. The molecular weight excluding hydrogens is 631 g/mol. The number of rotatable bonds is 7. The fourth-order valence-corrected chi connectivity index (χ4v) is 8.64. The molecule has 9 nitrogen and oxygen atoms in total.